The molecular formula is C16H26N2O2. The van der Waals surface area contributed by atoms with Gasteiger partial charge in [-0.1, -0.05) is 26.7 Å². The van der Waals surface area contributed by atoms with Gasteiger partial charge < -0.3 is 10.2 Å². The van der Waals surface area contributed by atoms with Gasteiger partial charge >= 0.3 is 0 Å². The highest BCUT2D eigenvalue weighted by atomic mass is 16.2. The summed E-state index contributed by atoms with van der Waals surface area (Å²) in [6, 6.07) is -0.250. The van der Waals surface area contributed by atoms with Crippen LogP contribution in [0.2, 0.25) is 0 Å². The van der Waals surface area contributed by atoms with Gasteiger partial charge in [0.25, 0.3) is 0 Å². The average Bonchev–Trinajstić information content (AvgIpc) is 3.05. The van der Waals surface area contributed by atoms with E-state index >= 15 is 0 Å². The molecule has 112 valence electrons. The number of hydrogen-bond acceptors (Lipinski definition) is 2. The minimum Gasteiger partial charge on any atom is -0.345 e. The second-order valence-electron chi connectivity index (χ2n) is 7.03. The van der Waals surface area contributed by atoms with E-state index in [1.807, 2.05) is 4.90 Å². The van der Waals surface area contributed by atoms with Crippen molar-refractivity contribution in [2.45, 2.75) is 52.0 Å². The molecule has 2 bridgehead atoms. The number of fused-ring (bicyclic) bond motifs is 2. The Morgan fingerprint density at radius 2 is 2.10 bits per heavy atom. The van der Waals surface area contributed by atoms with Crippen molar-refractivity contribution in [2.75, 3.05) is 13.1 Å². The SMILES string of the molecule is CCC(C)C1C(=O)NCC(=O)N1CC1CC2CCC1C2. The molecule has 5 unspecified atom stereocenters. The fourth-order valence-electron chi connectivity index (χ4n) is 4.52. The van der Waals surface area contributed by atoms with E-state index in [9.17, 15) is 9.59 Å². The molecule has 0 spiro atoms. The summed E-state index contributed by atoms with van der Waals surface area (Å²) in [5.41, 5.74) is 0. The molecule has 5 atom stereocenters. The summed E-state index contributed by atoms with van der Waals surface area (Å²) in [5.74, 6) is 2.71. The Hall–Kier alpha value is -1.06. The second kappa shape index (κ2) is 5.38. The van der Waals surface area contributed by atoms with Crippen LogP contribution >= 0.6 is 0 Å². The Balaban J connectivity index is 1.73. The number of piperazine rings is 1. The summed E-state index contributed by atoms with van der Waals surface area (Å²) >= 11 is 0. The van der Waals surface area contributed by atoms with Crippen LogP contribution in [0.5, 0.6) is 0 Å². The van der Waals surface area contributed by atoms with Gasteiger partial charge in [0, 0.05) is 6.54 Å². The third-order valence-corrected chi connectivity index (χ3v) is 5.84. The lowest BCUT2D eigenvalue weighted by molar-refractivity contribution is -0.148. The van der Waals surface area contributed by atoms with E-state index in [1.165, 1.54) is 25.7 Å². The zero-order chi connectivity index (χ0) is 14.3. The first-order chi connectivity index (χ1) is 9.60. The van der Waals surface area contributed by atoms with Crippen LogP contribution in [0.4, 0.5) is 0 Å². The maximum absolute atomic E-state index is 12.3. The fraction of sp³-hybridized carbons (Fsp3) is 0.875. The summed E-state index contributed by atoms with van der Waals surface area (Å²) in [6.45, 7) is 5.17. The van der Waals surface area contributed by atoms with Crippen molar-refractivity contribution >= 4 is 11.8 Å². The zero-order valence-electron chi connectivity index (χ0n) is 12.6. The van der Waals surface area contributed by atoms with E-state index in [0.29, 0.717) is 5.92 Å². The molecule has 0 radical (unpaired) electrons. The molecule has 0 aromatic carbocycles. The van der Waals surface area contributed by atoms with Crippen LogP contribution < -0.4 is 5.32 Å². The van der Waals surface area contributed by atoms with Crippen molar-refractivity contribution in [2.24, 2.45) is 23.7 Å². The van der Waals surface area contributed by atoms with Crippen molar-refractivity contribution < 1.29 is 9.59 Å². The van der Waals surface area contributed by atoms with Crippen LogP contribution in [-0.2, 0) is 9.59 Å². The van der Waals surface area contributed by atoms with Gasteiger partial charge in [-0.05, 0) is 42.9 Å². The second-order valence-corrected chi connectivity index (χ2v) is 7.03. The maximum atomic E-state index is 12.3. The molecule has 1 saturated heterocycles. The smallest absolute Gasteiger partial charge is 0.243 e. The molecule has 3 rings (SSSR count). The first-order valence-electron chi connectivity index (χ1n) is 8.17. The normalized spacial score (nSPS) is 38.2. The topological polar surface area (TPSA) is 49.4 Å². The number of nitrogens with one attached hydrogen (secondary N) is 1. The van der Waals surface area contributed by atoms with Crippen LogP contribution in [0, 0.1) is 23.7 Å². The van der Waals surface area contributed by atoms with Gasteiger partial charge in [0.2, 0.25) is 11.8 Å². The lowest BCUT2D eigenvalue weighted by atomic mass is 9.86. The Labute approximate surface area is 121 Å². The number of amides is 2. The van der Waals surface area contributed by atoms with Crippen molar-refractivity contribution in [1.82, 2.24) is 10.2 Å². The lowest BCUT2D eigenvalue weighted by Crippen LogP contribution is -2.61. The lowest BCUT2D eigenvalue weighted by Gasteiger charge is -2.40. The van der Waals surface area contributed by atoms with Gasteiger partial charge in [-0.25, -0.2) is 0 Å². The summed E-state index contributed by atoms with van der Waals surface area (Å²) < 4.78 is 0. The third-order valence-electron chi connectivity index (χ3n) is 5.84. The molecule has 2 saturated carbocycles. The molecule has 4 heteroatoms. The van der Waals surface area contributed by atoms with Gasteiger partial charge in [0.05, 0.1) is 6.54 Å². The summed E-state index contributed by atoms with van der Waals surface area (Å²) in [6.07, 6.45) is 6.26. The fourth-order valence-corrected chi connectivity index (χ4v) is 4.52. The first-order valence-corrected chi connectivity index (χ1v) is 8.17. The predicted molar refractivity (Wildman–Crippen MR) is 76.9 cm³/mol. The van der Waals surface area contributed by atoms with E-state index in [4.69, 9.17) is 0 Å². The molecule has 2 aliphatic carbocycles. The largest absolute Gasteiger partial charge is 0.345 e. The van der Waals surface area contributed by atoms with E-state index < -0.39 is 0 Å². The zero-order valence-corrected chi connectivity index (χ0v) is 12.6. The monoisotopic (exact) mass is 278 g/mol. The molecule has 20 heavy (non-hydrogen) atoms. The maximum Gasteiger partial charge on any atom is 0.243 e. The van der Waals surface area contributed by atoms with Gasteiger partial charge in [-0.2, -0.15) is 0 Å². The van der Waals surface area contributed by atoms with Crippen LogP contribution in [0.25, 0.3) is 0 Å². The Bertz CT molecular complexity index is 409. The van der Waals surface area contributed by atoms with Gasteiger partial charge in [-0.15, -0.1) is 0 Å². The predicted octanol–water partition coefficient (Wildman–Crippen LogP) is 1.80. The minimum absolute atomic E-state index is 0.0436. The minimum atomic E-state index is -0.250. The van der Waals surface area contributed by atoms with Gasteiger partial charge in [-0.3, -0.25) is 9.59 Å². The van der Waals surface area contributed by atoms with Crippen LogP contribution in [-0.4, -0.2) is 35.8 Å². The quantitative estimate of drug-likeness (QED) is 0.852. The first kappa shape index (κ1) is 13.9. The standard InChI is InChI=1S/C16H26N2O2/c1-3-10(2)15-16(20)17-8-14(19)18(15)9-13-7-11-4-5-12(13)6-11/h10-13,15H,3-9H2,1-2H3,(H,17,20). The van der Waals surface area contributed by atoms with Crippen molar-refractivity contribution in [1.29, 1.82) is 0 Å². The van der Waals surface area contributed by atoms with Crippen molar-refractivity contribution in [3.8, 4) is 0 Å². The number of carbonyl (C=O) groups excluding carboxylic acids is 2. The van der Waals surface area contributed by atoms with Crippen LogP contribution in [0.15, 0.2) is 0 Å². The molecule has 2 amide bonds. The van der Waals surface area contributed by atoms with Crippen LogP contribution in [0.1, 0.15) is 46.0 Å². The molecule has 0 aromatic rings. The van der Waals surface area contributed by atoms with E-state index in [2.05, 4.69) is 19.2 Å². The third kappa shape index (κ3) is 2.33. The molecule has 4 nitrogen and oxygen atoms in total. The van der Waals surface area contributed by atoms with Crippen molar-refractivity contribution in [3.63, 3.8) is 0 Å². The average molecular weight is 278 g/mol. The number of nitrogens with zero attached hydrogens (tertiary/aromatic N) is 1. The highest BCUT2D eigenvalue weighted by molar-refractivity contribution is 5.95. The van der Waals surface area contributed by atoms with Crippen molar-refractivity contribution in [3.05, 3.63) is 0 Å². The summed E-state index contributed by atoms with van der Waals surface area (Å²) in [7, 11) is 0. The Morgan fingerprint density at radius 1 is 1.30 bits per heavy atom. The summed E-state index contributed by atoms with van der Waals surface area (Å²) in [4.78, 5) is 26.4. The number of rotatable bonds is 4. The number of carbonyl (C=O) groups is 2. The molecular weight excluding hydrogens is 252 g/mol. The van der Waals surface area contributed by atoms with E-state index in [-0.39, 0.29) is 30.3 Å². The van der Waals surface area contributed by atoms with E-state index in [1.54, 1.807) is 0 Å². The molecule has 1 aliphatic heterocycles. The molecule has 1 heterocycles. The van der Waals surface area contributed by atoms with Gasteiger partial charge in [0.15, 0.2) is 0 Å². The van der Waals surface area contributed by atoms with E-state index in [0.717, 1.165) is 24.8 Å². The Kier molecular flexibility index (Phi) is 3.74. The highest BCUT2D eigenvalue weighted by Crippen LogP contribution is 2.48. The molecule has 3 fully saturated rings. The molecule has 0 aromatic heterocycles. The van der Waals surface area contributed by atoms with Gasteiger partial charge in [0.1, 0.15) is 6.04 Å². The highest BCUT2D eigenvalue weighted by Gasteiger charge is 2.44. The van der Waals surface area contributed by atoms with Crippen LogP contribution in [0.3, 0.4) is 0 Å². The Morgan fingerprint density at radius 3 is 2.70 bits per heavy atom. The number of hydrogen-bond donors (Lipinski definition) is 1. The summed E-state index contributed by atoms with van der Waals surface area (Å²) in [5, 5.41) is 2.76. The molecule has 3 aliphatic rings. The molecule has 1 N–H and O–H groups in total.